The molecule has 1 fully saturated rings. The van der Waals surface area contributed by atoms with E-state index >= 15 is 0 Å². The monoisotopic (exact) mass is 280 g/mol. The molecule has 3 atom stereocenters. The third kappa shape index (κ3) is 3.50. The van der Waals surface area contributed by atoms with Gasteiger partial charge in [-0.2, -0.15) is 0 Å². The predicted octanol–water partition coefficient (Wildman–Crippen LogP) is 3.72. The summed E-state index contributed by atoms with van der Waals surface area (Å²) in [4.78, 5) is 2.55. The average Bonchev–Trinajstić information content (AvgIpc) is 2.46. The van der Waals surface area contributed by atoms with E-state index in [4.69, 9.17) is 11.6 Å². The Kier molecular flexibility index (Phi) is 5.26. The normalized spacial score (nSPS) is 24.1. The van der Waals surface area contributed by atoms with Crippen LogP contribution in [0.1, 0.15) is 38.8 Å². The van der Waals surface area contributed by atoms with Gasteiger partial charge in [0.2, 0.25) is 0 Å². The molecule has 1 N–H and O–H groups in total. The molecule has 0 aliphatic carbocycles. The first kappa shape index (κ1) is 14.8. The first-order valence-corrected chi connectivity index (χ1v) is 7.73. The number of nitrogens with one attached hydrogen (secondary N) is 1. The number of rotatable bonds is 4. The van der Waals surface area contributed by atoms with Crippen LogP contribution in [0.25, 0.3) is 0 Å². The molecular weight excluding hydrogens is 256 g/mol. The fraction of sp³-hybridized carbons (Fsp3) is 0.625. The second-order valence-electron chi connectivity index (χ2n) is 5.64. The zero-order chi connectivity index (χ0) is 13.8. The van der Waals surface area contributed by atoms with Gasteiger partial charge in [-0.15, -0.1) is 0 Å². The zero-order valence-electron chi connectivity index (χ0n) is 12.2. The van der Waals surface area contributed by atoms with Gasteiger partial charge in [0.05, 0.1) is 0 Å². The van der Waals surface area contributed by atoms with E-state index in [2.05, 4.69) is 43.1 Å². The molecule has 3 unspecified atom stereocenters. The maximum Gasteiger partial charge on any atom is 0.0453 e. The Hall–Kier alpha value is -0.570. The maximum atomic E-state index is 6.32. The Morgan fingerprint density at radius 1 is 1.37 bits per heavy atom. The van der Waals surface area contributed by atoms with Gasteiger partial charge in [0.25, 0.3) is 0 Å². The Morgan fingerprint density at radius 3 is 2.79 bits per heavy atom. The van der Waals surface area contributed by atoms with Crippen LogP contribution in [0, 0.1) is 5.92 Å². The van der Waals surface area contributed by atoms with Crippen molar-refractivity contribution in [2.45, 2.75) is 39.3 Å². The highest BCUT2D eigenvalue weighted by molar-refractivity contribution is 6.31. The molecule has 106 valence electrons. The summed E-state index contributed by atoms with van der Waals surface area (Å²) in [6, 6.07) is 9.20. The lowest BCUT2D eigenvalue weighted by molar-refractivity contribution is 0.130. The van der Waals surface area contributed by atoms with Crippen LogP contribution in [0.3, 0.4) is 0 Å². The first-order chi connectivity index (χ1) is 9.13. The van der Waals surface area contributed by atoms with E-state index in [-0.39, 0.29) is 0 Å². The van der Waals surface area contributed by atoms with Crippen molar-refractivity contribution in [2.24, 2.45) is 5.92 Å². The fourth-order valence-corrected chi connectivity index (χ4v) is 3.12. The van der Waals surface area contributed by atoms with Gasteiger partial charge in [0.15, 0.2) is 0 Å². The molecule has 0 radical (unpaired) electrons. The highest BCUT2D eigenvalue weighted by atomic mass is 35.5. The van der Waals surface area contributed by atoms with Gasteiger partial charge in [-0.25, -0.2) is 0 Å². The van der Waals surface area contributed by atoms with Gasteiger partial charge >= 0.3 is 0 Å². The minimum Gasteiger partial charge on any atom is -0.311 e. The number of nitrogens with zero attached hydrogens (tertiary/aromatic N) is 1. The lowest BCUT2D eigenvalue weighted by Gasteiger charge is -2.40. The molecule has 1 aromatic carbocycles. The smallest absolute Gasteiger partial charge is 0.0453 e. The maximum absolute atomic E-state index is 6.32. The van der Waals surface area contributed by atoms with Crippen LogP contribution in [0.15, 0.2) is 24.3 Å². The van der Waals surface area contributed by atoms with E-state index in [1.54, 1.807) is 0 Å². The number of hydrogen-bond acceptors (Lipinski definition) is 2. The molecule has 2 nitrogen and oxygen atoms in total. The van der Waals surface area contributed by atoms with Crippen LogP contribution in [-0.4, -0.2) is 30.6 Å². The molecule has 1 aliphatic rings. The third-order valence-corrected chi connectivity index (χ3v) is 4.81. The molecule has 19 heavy (non-hydrogen) atoms. The lowest BCUT2D eigenvalue weighted by Crippen LogP contribution is -2.53. The Labute approximate surface area is 122 Å². The molecule has 0 aromatic heterocycles. The van der Waals surface area contributed by atoms with Crippen LogP contribution in [0.5, 0.6) is 0 Å². The summed E-state index contributed by atoms with van der Waals surface area (Å²) in [5.41, 5.74) is 1.24. The Balaban J connectivity index is 2.07. The van der Waals surface area contributed by atoms with Crippen LogP contribution in [0.4, 0.5) is 0 Å². The molecule has 1 aromatic rings. The second-order valence-corrected chi connectivity index (χ2v) is 6.05. The number of piperazine rings is 1. The molecule has 0 saturated carbocycles. The molecule has 1 saturated heterocycles. The fourth-order valence-electron chi connectivity index (χ4n) is 2.83. The molecule has 2 rings (SSSR count). The minimum atomic E-state index is 0.391. The van der Waals surface area contributed by atoms with Gasteiger partial charge in [0.1, 0.15) is 0 Å². The van der Waals surface area contributed by atoms with Crippen LogP contribution in [-0.2, 0) is 0 Å². The van der Waals surface area contributed by atoms with Crippen LogP contribution >= 0.6 is 11.6 Å². The Morgan fingerprint density at radius 2 is 2.11 bits per heavy atom. The molecule has 3 heteroatoms. The number of benzene rings is 1. The first-order valence-electron chi connectivity index (χ1n) is 7.35. The van der Waals surface area contributed by atoms with Gasteiger partial charge < -0.3 is 5.32 Å². The second kappa shape index (κ2) is 6.74. The van der Waals surface area contributed by atoms with Crippen LogP contribution in [0.2, 0.25) is 5.02 Å². The summed E-state index contributed by atoms with van der Waals surface area (Å²) < 4.78 is 0. The van der Waals surface area contributed by atoms with Gasteiger partial charge in [-0.05, 0) is 24.5 Å². The van der Waals surface area contributed by atoms with Crippen molar-refractivity contribution in [2.75, 3.05) is 19.6 Å². The van der Waals surface area contributed by atoms with Crippen molar-refractivity contribution in [3.05, 3.63) is 34.9 Å². The van der Waals surface area contributed by atoms with E-state index in [1.807, 2.05) is 12.1 Å². The summed E-state index contributed by atoms with van der Waals surface area (Å²) in [6.07, 6.45) is 1.23. The molecular formula is C16H25ClN2. The van der Waals surface area contributed by atoms with Crippen molar-refractivity contribution >= 4 is 11.6 Å². The average molecular weight is 281 g/mol. The summed E-state index contributed by atoms with van der Waals surface area (Å²) in [6.45, 7) is 10.1. The SMILES string of the molecule is CCC(C)C1CN(C(C)c2ccccc2Cl)CCN1. The lowest BCUT2D eigenvalue weighted by atomic mass is 9.95. The molecule has 0 amide bonds. The van der Waals surface area contributed by atoms with Gasteiger partial charge in [0, 0.05) is 36.7 Å². The highest BCUT2D eigenvalue weighted by Gasteiger charge is 2.27. The quantitative estimate of drug-likeness (QED) is 0.904. The van der Waals surface area contributed by atoms with E-state index < -0.39 is 0 Å². The third-order valence-electron chi connectivity index (χ3n) is 4.47. The van der Waals surface area contributed by atoms with Crippen molar-refractivity contribution < 1.29 is 0 Å². The van der Waals surface area contributed by atoms with E-state index in [1.165, 1.54) is 12.0 Å². The summed E-state index contributed by atoms with van der Waals surface area (Å²) in [5.74, 6) is 0.723. The van der Waals surface area contributed by atoms with Crippen molar-refractivity contribution in [3.8, 4) is 0 Å². The predicted molar refractivity (Wildman–Crippen MR) is 82.7 cm³/mol. The van der Waals surface area contributed by atoms with Crippen molar-refractivity contribution in [1.29, 1.82) is 0 Å². The summed E-state index contributed by atoms with van der Waals surface area (Å²) in [7, 11) is 0. The molecule has 0 spiro atoms. The largest absolute Gasteiger partial charge is 0.311 e. The van der Waals surface area contributed by atoms with Crippen molar-refractivity contribution in [3.63, 3.8) is 0 Å². The molecule has 0 bridgehead atoms. The Bertz CT molecular complexity index is 407. The molecule has 1 aliphatic heterocycles. The van der Waals surface area contributed by atoms with Crippen molar-refractivity contribution in [1.82, 2.24) is 10.2 Å². The number of halogens is 1. The van der Waals surface area contributed by atoms with E-state index in [9.17, 15) is 0 Å². The zero-order valence-corrected chi connectivity index (χ0v) is 13.0. The standard InChI is InChI=1S/C16H25ClN2/c1-4-12(2)16-11-19(10-9-18-16)13(3)14-7-5-6-8-15(14)17/h5-8,12-13,16,18H,4,9-11H2,1-3H3. The van der Waals surface area contributed by atoms with Gasteiger partial charge in [-0.1, -0.05) is 50.1 Å². The van der Waals surface area contributed by atoms with E-state index in [0.29, 0.717) is 12.1 Å². The minimum absolute atomic E-state index is 0.391. The summed E-state index contributed by atoms with van der Waals surface area (Å²) in [5, 5.41) is 4.53. The van der Waals surface area contributed by atoms with E-state index in [0.717, 1.165) is 30.6 Å². The van der Waals surface area contributed by atoms with Gasteiger partial charge in [-0.3, -0.25) is 4.90 Å². The summed E-state index contributed by atoms with van der Waals surface area (Å²) >= 11 is 6.32. The molecule has 1 heterocycles. The van der Waals surface area contributed by atoms with Crippen LogP contribution < -0.4 is 5.32 Å². The topological polar surface area (TPSA) is 15.3 Å². The highest BCUT2D eigenvalue weighted by Crippen LogP contribution is 2.28. The number of hydrogen-bond donors (Lipinski definition) is 1.